The summed E-state index contributed by atoms with van der Waals surface area (Å²) in [6.07, 6.45) is 5.74. The minimum absolute atomic E-state index is 0.215. The Morgan fingerprint density at radius 2 is 1.78 bits per heavy atom. The van der Waals surface area contributed by atoms with Gasteiger partial charge in [-0.1, -0.05) is 60.7 Å². The van der Waals surface area contributed by atoms with Gasteiger partial charge in [0.1, 0.15) is 11.4 Å². The maximum Gasteiger partial charge on any atom is 0.244 e. The second kappa shape index (κ2) is 8.64. The normalized spacial score (nSPS) is 13.1. The number of aryl methyl sites for hydroxylation is 2. The Morgan fingerprint density at radius 3 is 2.48 bits per heavy atom. The van der Waals surface area contributed by atoms with Crippen molar-refractivity contribution in [3.8, 4) is 0 Å². The largest absolute Gasteiger partial charge is 0.347 e. The first-order chi connectivity index (χ1) is 13.1. The third-order valence-corrected chi connectivity index (χ3v) is 4.76. The molecule has 1 aromatic heterocycles. The molecular weight excluding hydrogens is 336 g/mol. The fourth-order valence-electron chi connectivity index (χ4n) is 3.07. The summed E-state index contributed by atoms with van der Waals surface area (Å²) in [6.45, 7) is 2.94. The van der Waals surface area contributed by atoms with Gasteiger partial charge in [0.25, 0.3) is 0 Å². The van der Waals surface area contributed by atoms with Gasteiger partial charge in [-0.15, -0.1) is 0 Å². The summed E-state index contributed by atoms with van der Waals surface area (Å²) in [4.78, 5) is 17.0. The van der Waals surface area contributed by atoms with Crippen molar-refractivity contribution in [3.63, 3.8) is 0 Å². The van der Waals surface area contributed by atoms with Gasteiger partial charge in [-0.2, -0.15) is 0 Å². The van der Waals surface area contributed by atoms with Crippen molar-refractivity contribution in [1.29, 1.82) is 0 Å². The molecule has 5 heteroatoms. The molecule has 0 aliphatic carbocycles. The molecule has 2 aromatic carbocycles. The van der Waals surface area contributed by atoms with Gasteiger partial charge in [0, 0.05) is 18.9 Å². The fourth-order valence-corrected chi connectivity index (χ4v) is 3.07. The predicted molar refractivity (Wildman–Crippen MR) is 107 cm³/mol. The lowest BCUT2D eigenvalue weighted by molar-refractivity contribution is -0.126. The lowest BCUT2D eigenvalue weighted by Gasteiger charge is -2.24. The van der Waals surface area contributed by atoms with Gasteiger partial charge >= 0.3 is 0 Å². The number of carbonyl (C=O) groups excluding carboxylic acids is 1. The summed E-state index contributed by atoms with van der Waals surface area (Å²) in [5, 5.41) is 2.93. The smallest absolute Gasteiger partial charge is 0.244 e. The first-order valence-corrected chi connectivity index (χ1v) is 9.24. The van der Waals surface area contributed by atoms with Crippen molar-refractivity contribution in [2.45, 2.75) is 38.4 Å². The van der Waals surface area contributed by atoms with Crippen LogP contribution in [0.3, 0.4) is 0 Å². The van der Waals surface area contributed by atoms with E-state index in [-0.39, 0.29) is 5.91 Å². The van der Waals surface area contributed by atoms with Crippen LogP contribution < -0.4 is 11.1 Å². The molecular formula is C22H26N4O. The molecule has 1 amide bonds. The first kappa shape index (κ1) is 18.9. The highest BCUT2D eigenvalue weighted by atomic mass is 16.2. The van der Waals surface area contributed by atoms with E-state index in [1.807, 2.05) is 42.6 Å². The van der Waals surface area contributed by atoms with Crippen LogP contribution >= 0.6 is 0 Å². The maximum atomic E-state index is 12.6. The summed E-state index contributed by atoms with van der Waals surface area (Å²) < 4.78 is 2.08. The van der Waals surface area contributed by atoms with Crippen molar-refractivity contribution in [2.75, 3.05) is 0 Å². The molecule has 0 fully saturated rings. The van der Waals surface area contributed by atoms with Crippen LogP contribution in [0.15, 0.2) is 73.1 Å². The zero-order chi connectivity index (χ0) is 19.1. The number of hydrogen-bond donors (Lipinski definition) is 2. The summed E-state index contributed by atoms with van der Waals surface area (Å²) in [7, 11) is 0. The molecule has 0 spiro atoms. The molecule has 1 heterocycles. The molecule has 3 rings (SSSR count). The Balaban J connectivity index is 1.54. The SMILES string of the molecule is CC(N)(C(=O)NCc1nccn1CCCc1ccccc1)c1ccccc1. The van der Waals surface area contributed by atoms with Crippen LogP contribution in [0.25, 0.3) is 0 Å². The van der Waals surface area contributed by atoms with Crippen molar-refractivity contribution in [3.05, 3.63) is 90.0 Å². The van der Waals surface area contributed by atoms with Gasteiger partial charge in [0.15, 0.2) is 0 Å². The van der Waals surface area contributed by atoms with Gasteiger partial charge < -0.3 is 15.6 Å². The van der Waals surface area contributed by atoms with Gasteiger partial charge in [0.05, 0.1) is 6.54 Å². The Labute approximate surface area is 160 Å². The van der Waals surface area contributed by atoms with E-state index in [0.717, 1.165) is 30.8 Å². The molecule has 27 heavy (non-hydrogen) atoms. The summed E-state index contributed by atoms with van der Waals surface area (Å²) in [5.41, 5.74) is 7.30. The Bertz CT molecular complexity index is 856. The number of nitrogens with zero attached hydrogens (tertiary/aromatic N) is 2. The average molecular weight is 362 g/mol. The number of amides is 1. The third-order valence-electron chi connectivity index (χ3n) is 4.76. The molecule has 0 aliphatic heterocycles. The number of imidazole rings is 1. The predicted octanol–water partition coefficient (Wildman–Crippen LogP) is 3.01. The van der Waals surface area contributed by atoms with E-state index in [1.165, 1.54) is 5.56 Å². The summed E-state index contributed by atoms with van der Waals surface area (Å²) in [6, 6.07) is 19.8. The number of benzene rings is 2. The van der Waals surface area contributed by atoms with E-state index in [2.05, 4.69) is 39.1 Å². The van der Waals surface area contributed by atoms with Crippen LogP contribution in [0.5, 0.6) is 0 Å². The molecule has 0 aliphatic rings. The summed E-state index contributed by atoms with van der Waals surface area (Å²) in [5.74, 6) is 0.618. The van der Waals surface area contributed by atoms with Gasteiger partial charge in [-0.3, -0.25) is 4.79 Å². The topological polar surface area (TPSA) is 72.9 Å². The quantitative estimate of drug-likeness (QED) is 0.647. The lowest BCUT2D eigenvalue weighted by Crippen LogP contribution is -2.48. The van der Waals surface area contributed by atoms with Crippen molar-refractivity contribution >= 4 is 5.91 Å². The Morgan fingerprint density at radius 1 is 1.11 bits per heavy atom. The second-order valence-electron chi connectivity index (χ2n) is 6.88. The number of nitrogens with two attached hydrogens (primary N) is 1. The number of aromatic nitrogens is 2. The van der Waals surface area contributed by atoms with Crippen LogP contribution in [0.2, 0.25) is 0 Å². The van der Waals surface area contributed by atoms with Crippen LogP contribution in [0.4, 0.5) is 0 Å². The number of rotatable bonds is 8. The van der Waals surface area contributed by atoms with Crippen LogP contribution in [0, 0.1) is 0 Å². The average Bonchev–Trinajstić information content (AvgIpc) is 3.15. The Kier molecular flexibility index (Phi) is 6.04. The Hall–Kier alpha value is -2.92. The van der Waals surface area contributed by atoms with E-state index >= 15 is 0 Å². The molecule has 1 unspecified atom stereocenters. The van der Waals surface area contributed by atoms with Gasteiger partial charge in [0.2, 0.25) is 5.91 Å². The fraction of sp³-hybridized carbons (Fsp3) is 0.273. The monoisotopic (exact) mass is 362 g/mol. The molecule has 5 nitrogen and oxygen atoms in total. The van der Waals surface area contributed by atoms with E-state index < -0.39 is 5.54 Å². The molecule has 0 radical (unpaired) electrons. The number of nitrogens with one attached hydrogen (secondary N) is 1. The lowest BCUT2D eigenvalue weighted by atomic mass is 9.92. The third kappa shape index (κ3) is 4.83. The minimum atomic E-state index is -1.08. The van der Waals surface area contributed by atoms with Crippen LogP contribution in [0.1, 0.15) is 30.3 Å². The van der Waals surface area contributed by atoms with Gasteiger partial charge in [-0.05, 0) is 30.9 Å². The van der Waals surface area contributed by atoms with Gasteiger partial charge in [-0.25, -0.2) is 4.98 Å². The molecule has 0 bridgehead atoms. The van der Waals surface area contributed by atoms with E-state index in [4.69, 9.17) is 5.73 Å². The summed E-state index contributed by atoms with van der Waals surface area (Å²) >= 11 is 0. The highest BCUT2D eigenvalue weighted by molar-refractivity contribution is 5.86. The molecule has 0 saturated carbocycles. The van der Waals surface area contributed by atoms with Crippen molar-refractivity contribution < 1.29 is 4.79 Å². The molecule has 0 saturated heterocycles. The van der Waals surface area contributed by atoms with Crippen LogP contribution in [-0.2, 0) is 29.8 Å². The zero-order valence-corrected chi connectivity index (χ0v) is 15.6. The van der Waals surface area contributed by atoms with Crippen LogP contribution in [-0.4, -0.2) is 15.5 Å². The van der Waals surface area contributed by atoms with Crippen molar-refractivity contribution in [1.82, 2.24) is 14.9 Å². The van der Waals surface area contributed by atoms with Crippen molar-refractivity contribution in [2.24, 2.45) is 5.73 Å². The second-order valence-corrected chi connectivity index (χ2v) is 6.88. The molecule has 1 atom stereocenters. The maximum absolute atomic E-state index is 12.6. The van der Waals surface area contributed by atoms with E-state index in [1.54, 1.807) is 13.1 Å². The number of hydrogen-bond acceptors (Lipinski definition) is 3. The standard InChI is InChI=1S/C22H26N4O/c1-22(23,19-12-6-3-7-13-19)21(27)25-17-20-24-14-16-26(20)15-8-11-18-9-4-2-5-10-18/h2-7,9-10,12-14,16H,8,11,15,17,23H2,1H3,(H,25,27). The molecule has 3 aromatic rings. The molecule has 140 valence electrons. The van der Waals surface area contributed by atoms with E-state index in [9.17, 15) is 4.79 Å². The zero-order valence-electron chi connectivity index (χ0n) is 15.6. The molecule has 3 N–H and O–H groups in total. The highest BCUT2D eigenvalue weighted by Crippen LogP contribution is 2.17. The minimum Gasteiger partial charge on any atom is -0.347 e. The first-order valence-electron chi connectivity index (χ1n) is 9.24. The highest BCUT2D eigenvalue weighted by Gasteiger charge is 2.30. The van der Waals surface area contributed by atoms with E-state index in [0.29, 0.717) is 6.54 Å². The number of carbonyl (C=O) groups is 1.